The van der Waals surface area contributed by atoms with Crippen LogP contribution >= 0.6 is 0 Å². The predicted molar refractivity (Wildman–Crippen MR) is 122 cm³/mol. The lowest BCUT2D eigenvalue weighted by Gasteiger charge is -2.39. The number of carbonyl (C=O) groups is 2. The molecule has 5 heteroatoms. The van der Waals surface area contributed by atoms with E-state index in [9.17, 15) is 9.59 Å². The smallest absolute Gasteiger partial charge is 0.336 e. The number of unbranched alkanes of at least 4 members (excludes halogenated alkanes) is 2. The van der Waals surface area contributed by atoms with Crippen molar-refractivity contribution in [1.29, 1.82) is 0 Å². The largest absolute Gasteiger partial charge is 0.494 e. The summed E-state index contributed by atoms with van der Waals surface area (Å²) in [5, 5.41) is 3.38. The number of ether oxygens (including phenoxy) is 2. The van der Waals surface area contributed by atoms with Crippen molar-refractivity contribution in [3.63, 3.8) is 0 Å². The molecule has 3 rings (SSSR count). The molecule has 1 aromatic carbocycles. The van der Waals surface area contributed by atoms with Crippen molar-refractivity contribution in [3.8, 4) is 5.75 Å². The number of hydrogen-bond acceptors (Lipinski definition) is 5. The van der Waals surface area contributed by atoms with Crippen molar-refractivity contribution in [2.24, 2.45) is 5.41 Å². The molecule has 0 amide bonds. The van der Waals surface area contributed by atoms with Crippen molar-refractivity contribution in [2.45, 2.75) is 72.6 Å². The number of rotatable bonds is 8. The van der Waals surface area contributed by atoms with Crippen molar-refractivity contribution in [1.82, 2.24) is 5.32 Å². The van der Waals surface area contributed by atoms with Gasteiger partial charge in [-0.2, -0.15) is 0 Å². The summed E-state index contributed by atoms with van der Waals surface area (Å²) in [5.41, 5.74) is 3.57. The van der Waals surface area contributed by atoms with E-state index in [-0.39, 0.29) is 17.2 Å². The lowest BCUT2D eigenvalue weighted by atomic mass is 9.68. The highest BCUT2D eigenvalue weighted by atomic mass is 16.5. The van der Waals surface area contributed by atoms with E-state index >= 15 is 0 Å². The maximum absolute atomic E-state index is 13.4. The Bertz CT molecular complexity index is 910. The third-order valence-electron chi connectivity index (χ3n) is 5.97. The summed E-state index contributed by atoms with van der Waals surface area (Å²) in [6.45, 7) is 11.1. The summed E-state index contributed by atoms with van der Waals surface area (Å²) in [6.07, 6.45) is 4.13. The number of allylic oxidation sites excluding steroid dienone is 3. The summed E-state index contributed by atoms with van der Waals surface area (Å²) in [7, 11) is 0. The second kappa shape index (κ2) is 9.71. The van der Waals surface area contributed by atoms with Gasteiger partial charge in [-0.25, -0.2) is 4.79 Å². The van der Waals surface area contributed by atoms with Crippen molar-refractivity contribution in [3.05, 3.63) is 52.4 Å². The van der Waals surface area contributed by atoms with Gasteiger partial charge in [-0.05, 0) is 38.2 Å². The van der Waals surface area contributed by atoms with Gasteiger partial charge in [0.05, 0.1) is 24.7 Å². The number of para-hydroxylation sites is 1. The second-order valence-corrected chi connectivity index (χ2v) is 9.24. The van der Waals surface area contributed by atoms with E-state index < -0.39 is 5.92 Å². The first kappa shape index (κ1) is 23.1. The number of ketones is 1. The Morgan fingerprint density at radius 3 is 2.61 bits per heavy atom. The summed E-state index contributed by atoms with van der Waals surface area (Å²) >= 11 is 0. The molecule has 0 aromatic heterocycles. The fourth-order valence-electron chi connectivity index (χ4n) is 4.62. The lowest BCUT2D eigenvalue weighted by molar-refractivity contribution is -0.139. The molecular weight excluding hydrogens is 390 g/mol. The van der Waals surface area contributed by atoms with Gasteiger partial charge in [0.2, 0.25) is 0 Å². The molecule has 0 saturated carbocycles. The Morgan fingerprint density at radius 1 is 1.16 bits per heavy atom. The first-order valence-corrected chi connectivity index (χ1v) is 11.4. The van der Waals surface area contributed by atoms with Crippen LogP contribution in [-0.4, -0.2) is 25.0 Å². The van der Waals surface area contributed by atoms with Crippen molar-refractivity contribution < 1.29 is 19.1 Å². The number of nitrogens with one attached hydrogen (secondary N) is 1. The van der Waals surface area contributed by atoms with Crippen LogP contribution in [0.3, 0.4) is 0 Å². The fourth-order valence-corrected chi connectivity index (χ4v) is 4.62. The van der Waals surface area contributed by atoms with Crippen molar-refractivity contribution >= 4 is 11.8 Å². The highest BCUT2D eigenvalue weighted by Crippen LogP contribution is 2.48. The first-order valence-electron chi connectivity index (χ1n) is 11.4. The second-order valence-electron chi connectivity index (χ2n) is 9.24. The van der Waals surface area contributed by atoms with E-state index in [1.165, 1.54) is 0 Å². The standard InChI is InChI=1S/C26H35NO4/c1-6-8-11-14-31-25(29)22-17(3)27-19-15-26(4,5)16-20(28)24(19)23(22)18-12-9-10-13-21(18)30-7-2/h9-10,12-13,23,27H,6-8,11,14-16H2,1-5H3/t23-/m1/s1. The summed E-state index contributed by atoms with van der Waals surface area (Å²) in [4.78, 5) is 26.6. The SMILES string of the molecule is CCCCCOC(=O)C1=C(C)NC2=C(C(=O)CC(C)(C)C2)[C@@H]1c1ccccc1OCC. The topological polar surface area (TPSA) is 64.6 Å². The third kappa shape index (κ3) is 5.03. The number of benzene rings is 1. The Balaban J connectivity index is 2.08. The molecule has 2 aliphatic rings. The minimum absolute atomic E-state index is 0.0823. The maximum atomic E-state index is 13.4. The van der Waals surface area contributed by atoms with Crippen LogP contribution in [0.2, 0.25) is 0 Å². The molecule has 0 saturated heterocycles. The normalized spacial score (nSPS) is 20.3. The molecule has 1 aliphatic heterocycles. The van der Waals surface area contributed by atoms with Gasteiger partial charge in [-0.1, -0.05) is 51.8 Å². The van der Waals surface area contributed by atoms with Gasteiger partial charge >= 0.3 is 5.97 Å². The monoisotopic (exact) mass is 425 g/mol. The highest BCUT2D eigenvalue weighted by Gasteiger charge is 2.43. The van der Waals surface area contributed by atoms with Gasteiger partial charge in [0.1, 0.15) is 5.75 Å². The first-order chi connectivity index (χ1) is 14.8. The van der Waals surface area contributed by atoms with Crippen LogP contribution in [0.25, 0.3) is 0 Å². The van der Waals surface area contributed by atoms with E-state index in [0.29, 0.717) is 36.5 Å². The minimum Gasteiger partial charge on any atom is -0.494 e. The van der Waals surface area contributed by atoms with Gasteiger partial charge in [0, 0.05) is 29.0 Å². The third-order valence-corrected chi connectivity index (χ3v) is 5.97. The van der Waals surface area contributed by atoms with Gasteiger partial charge in [0.25, 0.3) is 0 Å². The average molecular weight is 426 g/mol. The molecule has 0 radical (unpaired) electrons. The summed E-state index contributed by atoms with van der Waals surface area (Å²) in [6, 6.07) is 7.70. The van der Waals surface area contributed by atoms with Gasteiger partial charge in [-0.15, -0.1) is 0 Å². The molecular formula is C26H35NO4. The summed E-state index contributed by atoms with van der Waals surface area (Å²) < 4.78 is 11.5. The molecule has 0 unspecified atom stereocenters. The zero-order valence-corrected chi connectivity index (χ0v) is 19.5. The van der Waals surface area contributed by atoms with Gasteiger partial charge in [-0.3, -0.25) is 4.79 Å². The van der Waals surface area contributed by atoms with E-state index in [0.717, 1.165) is 42.6 Å². The molecule has 1 atom stereocenters. The molecule has 0 bridgehead atoms. The predicted octanol–water partition coefficient (Wildman–Crippen LogP) is 5.42. The molecule has 1 N–H and O–H groups in total. The van der Waals surface area contributed by atoms with Crippen LogP contribution in [0.1, 0.15) is 78.2 Å². The number of dihydropyridines is 1. The fraction of sp³-hybridized carbons (Fsp3) is 0.538. The van der Waals surface area contributed by atoms with Crippen LogP contribution in [0.5, 0.6) is 5.75 Å². The van der Waals surface area contributed by atoms with Crippen LogP contribution in [0.15, 0.2) is 46.8 Å². The average Bonchev–Trinajstić information content (AvgIpc) is 2.70. The Labute approximate surface area is 185 Å². The Kier molecular flexibility index (Phi) is 7.24. The Hall–Kier alpha value is -2.56. The quantitative estimate of drug-likeness (QED) is 0.445. The minimum atomic E-state index is -0.485. The van der Waals surface area contributed by atoms with Gasteiger partial charge < -0.3 is 14.8 Å². The summed E-state index contributed by atoms with van der Waals surface area (Å²) in [5.74, 6) is -0.0628. The molecule has 1 aliphatic carbocycles. The van der Waals surface area contributed by atoms with Crippen LogP contribution in [0.4, 0.5) is 0 Å². The lowest BCUT2D eigenvalue weighted by Crippen LogP contribution is -2.38. The van der Waals surface area contributed by atoms with E-state index in [2.05, 4.69) is 26.1 Å². The highest BCUT2D eigenvalue weighted by molar-refractivity contribution is 6.04. The van der Waals surface area contributed by atoms with E-state index in [4.69, 9.17) is 9.47 Å². The van der Waals surface area contributed by atoms with Crippen LogP contribution < -0.4 is 10.1 Å². The molecule has 31 heavy (non-hydrogen) atoms. The number of Topliss-reactive ketones (excluding diaryl/α,β-unsaturated/α-hetero) is 1. The molecule has 5 nitrogen and oxygen atoms in total. The molecule has 1 aromatic rings. The van der Waals surface area contributed by atoms with Gasteiger partial charge in [0.15, 0.2) is 5.78 Å². The maximum Gasteiger partial charge on any atom is 0.336 e. The van der Waals surface area contributed by atoms with Crippen molar-refractivity contribution in [2.75, 3.05) is 13.2 Å². The van der Waals surface area contributed by atoms with E-state index in [1.807, 2.05) is 38.1 Å². The number of hydrogen-bond donors (Lipinski definition) is 1. The molecule has 0 fully saturated rings. The number of esters is 1. The molecule has 168 valence electrons. The zero-order chi connectivity index (χ0) is 22.6. The molecule has 0 spiro atoms. The Morgan fingerprint density at radius 2 is 1.90 bits per heavy atom. The number of carbonyl (C=O) groups excluding carboxylic acids is 2. The van der Waals surface area contributed by atoms with Crippen LogP contribution in [-0.2, 0) is 14.3 Å². The van der Waals surface area contributed by atoms with Crippen LogP contribution in [0, 0.1) is 5.41 Å². The zero-order valence-electron chi connectivity index (χ0n) is 19.5. The van der Waals surface area contributed by atoms with E-state index in [1.54, 1.807) is 0 Å². The molecule has 1 heterocycles.